The maximum Gasteiger partial charge on any atom is 0.211 e. The van der Waals surface area contributed by atoms with Gasteiger partial charge in [-0.05, 0) is 49.3 Å². The Balaban J connectivity index is 3.61. The fourth-order valence-corrected chi connectivity index (χ4v) is 1.95. The zero-order valence-electron chi connectivity index (χ0n) is 10.1. The Hall–Kier alpha value is -0.130. The molecule has 0 aromatic heterocycles. The van der Waals surface area contributed by atoms with Gasteiger partial charge in [-0.3, -0.25) is 9.59 Å². The van der Waals surface area contributed by atoms with E-state index in [1.165, 1.54) is 0 Å². The minimum atomic E-state index is -0.166. The molecule has 0 saturated carbocycles. The second-order valence-electron chi connectivity index (χ2n) is 3.57. The molecule has 0 spiro atoms. The van der Waals surface area contributed by atoms with E-state index < -0.39 is 0 Å². The summed E-state index contributed by atoms with van der Waals surface area (Å²) in [6.07, 6.45) is 5.55. The first-order chi connectivity index (χ1) is 7.95. The Kier molecular flexibility index (Phi) is 9.78. The molecule has 0 N–H and O–H groups in total. The van der Waals surface area contributed by atoms with Gasteiger partial charge in [-0.15, -0.1) is 25.3 Å². The van der Waals surface area contributed by atoms with Crippen LogP contribution < -0.4 is 0 Å². The van der Waals surface area contributed by atoms with Gasteiger partial charge in [0.15, 0.2) is 0 Å². The molecule has 0 heterocycles. The molecule has 0 saturated heterocycles. The minimum absolute atomic E-state index is 0.166. The van der Waals surface area contributed by atoms with Crippen LogP contribution in [0.4, 0.5) is 0 Å². The molecule has 0 atom stereocenters. The molecule has 0 aromatic carbocycles. The van der Waals surface area contributed by atoms with E-state index in [0.717, 1.165) is 24.3 Å². The zero-order valence-corrected chi connectivity index (χ0v) is 12.7. The standard InChI is InChI=1S/C12H18O2S3/c1-9(11(13)15)5-3-7-17-8-4-6-10(2)12(14)16/h5-6H,3-4,7-8H2,1-2H3,(H,13,15)(H,14,16)/b9-5+,10-6+. The molecule has 0 aliphatic rings. The lowest BCUT2D eigenvalue weighted by molar-refractivity contribution is -0.108. The molecule has 0 aliphatic carbocycles. The van der Waals surface area contributed by atoms with Crippen molar-refractivity contribution >= 4 is 47.3 Å². The molecule has 0 aliphatic heterocycles. The maximum atomic E-state index is 10.8. The molecule has 17 heavy (non-hydrogen) atoms. The molecular weight excluding hydrogens is 272 g/mol. The van der Waals surface area contributed by atoms with E-state index in [1.54, 1.807) is 25.6 Å². The van der Waals surface area contributed by atoms with Gasteiger partial charge >= 0.3 is 0 Å². The van der Waals surface area contributed by atoms with Crippen LogP contribution >= 0.6 is 37.0 Å². The van der Waals surface area contributed by atoms with Crippen LogP contribution in [0.2, 0.25) is 0 Å². The first kappa shape index (κ1) is 16.9. The van der Waals surface area contributed by atoms with E-state index in [2.05, 4.69) is 25.3 Å². The molecule has 96 valence electrons. The fraction of sp³-hybridized carbons (Fsp3) is 0.500. The van der Waals surface area contributed by atoms with Gasteiger partial charge in [0.2, 0.25) is 10.2 Å². The van der Waals surface area contributed by atoms with Crippen LogP contribution in [0, 0.1) is 0 Å². The van der Waals surface area contributed by atoms with Crippen LogP contribution in [-0.4, -0.2) is 21.7 Å². The third-order valence-electron chi connectivity index (χ3n) is 2.10. The third-order valence-corrected chi connectivity index (χ3v) is 3.85. The fourth-order valence-electron chi connectivity index (χ4n) is 0.994. The summed E-state index contributed by atoms with van der Waals surface area (Å²) in [5, 5.41) is -0.332. The first-order valence-corrected chi connectivity index (χ1v) is 7.38. The first-order valence-electron chi connectivity index (χ1n) is 5.33. The third kappa shape index (κ3) is 9.56. The van der Waals surface area contributed by atoms with Gasteiger partial charge in [0.05, 0.1) is 0 Å². The number of allylic oxidation sites excluding steroid dienone is 2. The Bertz CT molecular complexity index is 301. The van der Waals surface area contributed by atoms with Crippen molar-refractivity contribution < 1.29 is 9.59 Å². The predicted octanol–water partition coefficient (Wildman–Crippen LogP) is 3.31. The zero-order chi connectivity index (χ0) is 13.3. The van der Waals surface area contributed by atoms with Gasteiger partial charge in [0.25, 0.3) is 0 Å². The summed E-state index contributed by atoms with van der Waals surface area (Å²) in [5.74, 6) is 1.94. The monoisotopic (exact) mass is 290 g/mol. The lowest BCUT2D eigenvalue weighted by Gasteiger charge is -1.98. The Morgan fingerprint density at radius 1 is 0.941 bits per heavy atom. The quantitative estimate of drug-likeness (QED) is 0.409. The maximum absolute atomic E-state index is 10.8. The molecule has 5 heteroatoms. The van der Waals surface area contributed by atoms with Crippen molar-refractivity contribution in [2.24, 2.45) is 0 Å². The van der Waals surface area contributed by atoms with Crippen LogP contribution in [-0.2, 0) is 9.59 Å². The topological polar surface area (TPSA) is 34.1 Å². The smallest absolute Gasteiger partial charge is 0.211 e. The second kappa shape index (κ2) is 9.85. The highest BCUT2D eigenvalue weighted by atomic mass is 32.2. The number of carbonyl (C=O) groups is 2. The molecule has 0 unspecified atom stereocenters. The molecule has 2 nitrogen and oxygen atoms in total. The largest absolute Gasteiger partial charge is 0.282 e. The van der Waals surface area contributed by atoms with Crippen LogP contribution in [0.5, 0.6) is 0 Å². The van der Waals surface area contributed by atoms with Gasteiger partial charge in [-0.1, -0.05) is 12.2 Å². The molecule has 0 aromatic rings. The minimum Gasteiger partial charge on any atom is -0.282 e. The van der Waals surface area contributed by atoms with Crippen LogP contribution in [0.3, 0.4) is 0 Å². The number of rotatable bonds is 8. The van der Waals surface area contributed by atoms with E-state index in [-0.39, 0.29) is 10.2 Å². The summed E-state index contributed by atoms with van der Waals surface area (Å²) in [5.41, 5.74) is 1.40. The number of hydrogen-bond donors (Lipinski definition) is 2. The summed E-state index contributed by atoms with van der Waals surface area (Å²) in [6.45, 7) is 3.54. The van der Waals surface area contributed by atoms with Gasteiger partial charge < -0.3 is 0 Å². The number of thioether (sulfide) groups is 1. The van der Waals surface area contributed by atoms with E-state index in [1.807, 2.05) is 12.2 Å². The van der Waals surface area contributed by atoms with Crippen LogP contribution in [0.15, 0.2) is 23.3 Å². The average Bonchev–Trinajstić information content (AvgIpc) is 2.26. The number of hydrogen-bond acceptors (Lipinski definition) is 3. The SMILES string of the molecule is C/C(=C\CCSCC/C=C(\C)C(=O)S)C(=O)S. The summed E-state index contributed by atoms with van der Waals surface area (Å²) >= 11 is 9.26. The summed E-state index contributed by atoms with van der Waals surface area (Å²) in [4.78, 5) is 21.6. The van der Waals surface area contributed by atoms with Gasteiger partial charge in [0, 0.05) is 0 Å². The molecule has 0 fully saturated rings. The van der Waals surface area contributed by atoms with E-state index in [0.29, 0.717) is 11.1 Å². The Labute approximate surface area is 118 Å². The molecule has 0 bridgehead atoms. The van der Waals surface area contributed by atoms with Crippen molar-refractivity contribution in [3.8, 4) is 0 Å². The summed E-state index contributed by atoms with van der Waals surface area (Å²) < 4.78 is 0. The van der Waals surface area contributed by atoms with E-state index >= 15 is 0 Å². The van der Waals surface area contributed by atoms with Gasteiger partial charge in [0.1, 0.15) is 0 Å². The highest BCUT2D eigenvalue weighted by molar-refractivity contribution is 7.99. The van der Waals surface area contributed by atoms with Crippen LogP contribution in [0.25, 0.3) is 0 Å². The van der Waals surface area contributed by atoms with Gasteiger partial charge in [-0.2, -0.15) is 11.8 Å². The lowest BCUT2D eigenvalue weighted by atomic mass is 10.3. The molecule has 0 amide bonds. The van der Waals surface area contributed by atoms with Crippen molar-refractivity contribution in [1.82, 2.24) is 0 Å². The van der Waals surface area contributed by atoms with Crippen molar-refractivity contribution in [3.05, 3.63) is 23.3 Å². The van der Waals surface area contributed by atoms with Crippen LogP contribution in [0.1, 0.15) is 26.7 Å². The molecular formula is C12H18O2S3. The van der Waals surface area contributed by atoms with Crippen molar-refractivity contribution in [2.75, 3.05) is 11.5 Å². The van der Waals surface area contributed by atoms with Crippen molar-refractivity contribution in [3.63, 3.8) is 0 Å². The van der Waals surface area contributed by atoms with Crippen molar-refractivity contribution in [2.45, 2.75) is 26.7 Å². The average molecular weight is 290 g/mol. The Morgan fingerprint density at radius 2 is 1.29 bits per heavy atom. The summed E-state index contributed by atoms with van der Waals surface area (Å²) in [7, 11) is 0. The number of carbonyl (C=O) groups excluding carboxylic acids is 2. The Morgan fingerprint density at radius 3 is 1.59 bits per heavy atom. The van der Waals surface area contributed by atoms with E-state index in [4.69, 9.17) is 0 Å². The second-order valence-corrected chi connectivity index (χ2v) is 5.61. The highest BCUT2D eigenvalue weighted by Gasteiger charge is 1.97. The van der Waals surface area contributed by atoms with E-state index in [9.17, 15) is 9.59 Å². The molecule has 0 rings (SSSR count). The predicted molar refractivity (Wildman–Crippen MR) is 82.1 cm³/mol. The molecule has 0 radical (unpaired) electrons. The normalized spacial score (nSPS) is 12.7. The number of thiol groups is 2. The lowest BCUT2D eigenvalue weighted by Crippen LogP contribution is -1.90. The van der Waals surface area contributed by atoms with Crippen molar-refractivity contribution in [1.29, 1.82) is 0 Å². The summed E-state index contributed by atoms with van der Waals surface area (Å²) in [6, 6.07) is 0. The highest BCUT2D eigenvalue weighted by Crippen LogP contribution is 2.09. The van der Waals surface area contributed by atoms with Gasteiger partial charge in [-0.25, -0.2) is 0 Å².